The zero-order valence-corrected chi connectivity index (χ0v) is 23.2. The number of nitrogens with zero attached hydrogens (tertiary/aromatic N) is 4. The van der Waals surface area contributed by atoms with Crippen molar-refractivity contribution in [1.82, 2.24) is 9.55 Å². The summed E-state index contributed by atoms with van der Waals surface area (Å²) in [6, 6.07) is 20.8. The average molecular weight is 571 g/mol. The maximum Gasteiger partial charge on any atom is 0.296 e. The Morgan fingerprint density at radius 3 is 2.53 bits per heavy atom. The van der Waals surface area contributed by atoms with Gasteiger partial charge in [0.05, 0.1) is 29.4 Å². The summed E-state index contributed by atoms with van der Waals surface area (Å²) >= 11 is 3.46. The van der Waals surface area contributed by atoms with Gasteiger partial charge >= 0.3 is 0 Å². The molecule has 7 nitrogen and oxygen atoms in total. The van der Waals surface area contributed by atoms with Gasteiger partial charge in [-0.1, -0.05) is 53.5 Å². The van der Waals surface area contributed by atoms with Crippen molar-refractivity contribution in [2.75, 3.05) is 7.11 Å². The predicted octanol–water partition coefficient (Wildman–Crippen LogP) is 8.22. The number of carbonyl (C=O) groups is 1. The van der Waals surface area contributed by atoms with E-state index in [2.05, 4.69) is 40.0 Å². The molecule has 3 aromatic carbocycles. The first-order valence-corrected chi connectivity index (χ1v) is 13.1. The molecular formula is C30H27BrN4O3. The molecule has 2 heterocycles. The van der Waals surface area contributed by atoms with E-state index in [-0.39, 0.29) is 17.5 Å². The second-order valence-electron chi connectivity index (χ2n) is 9.65. The van der Waals surface area contributed by atoms with E-state index in [1.807, 2.05) is 61.5 Å². The zero-order valence-electron chi connectivity index (χ0n) is 21.6. The van der Waals surface area contributed by atoms with Gasteiger partial charge in [-0.3, -0.25) is 4.79 Å². The smallest absolute Gasteiger partial charge is 0.296 e. The molecule has 0 atom stereocenters. The van der Waals surface area contributed by atoms with Gasteiger partial charge in [0.25, 0.3) is 5.91 Å². The first-order valence-electron chi connectivity index (χ1n) is 12.3. The van der Waals surface area contributed by atoms with Gasteiger partial charge in [0.15, 0.2) is 5.69 Å². The Kier molecular flexibility index (Phi) is 6.99. The van der Waals surface area contributed by atoms with Crippen molar-refractivity contribution in [3.8, 4) is 22.9 Å². The molecule has 1 N–H and O–H groups in total. The van der Waals surface area contributed by atoms with E-state index in [0.29, 0.717) is 39.8 Å². The van der Waals surface area contributed by atoms with Gasteiger partial charge in [0.2, 0.25) is 5.88 Å². The van der Waals surface area contributed by atoms with Crippen LogP contribution < -0.4 is 4.74 Å². The first-order chi connectivity index (χ1) is 18.2. The van der Waals surface area contributed by atoms with Crippen LogP contribution in [0.2, 0.25) is 0 Å². The number of fused-ring (bicyclic) bond motifs is 2. The number of pyridine rings is 1. The monoisotopic (exact) mass is 570 g/mol. The minimum atomic E-state index is -0.520. The zero-order chi connectivity index (χ0) is 27.0. The molecule has 0 bridgehead atoms. The molecule has 5 rings (SSSR count). The molecule has 0 unspecified atom stereocenters. The van der Waals surface area contributed by atoms with Gasteiger partial charge < -0.3 is 14.4 Å². The van der Waals surface area contributed by atoms with Crippen LogP contribution in [0.25, 0.3) is 33.1 Å². The Hall–Kier alpha value is -4.04. The summed E-state index contributed by atoms with van der Waals surface area (Å²) in [4.78, 5) is 18.3. The van der Waals surface area contributed by atoms with Crippen LogP contribution in [0.1, 0.15) is 29.8 Å². The van der Waals surface area contributed by atoms with E-state index >= 15 is 0 Å². The highest BCUT2D eigenvalue weighted by Gasteiger charge is 2.20. The van der Waals surface area contributed by atoms with Gasteiger partial charge in [0.1, 0.15) is 5.75 Å². The van der Waals surface area contributed by atoms with Gasteiger partial charge in [-0.25, -0.2) is 4.98 Å². The summed E-state index contributed by atoms with van der Waals surface area (Å²) in [7, 11) is 1.58. The normalized spacial score (nSPS) is 11.7. The fraction of sp³-hybridized carbons (Fsp3) is 0.200. The van der Waals surface area contributed by atoms with Crippen LogP contribution >= 0.6 is 15.9 Å². The largest absolute Gasteiger partial charge is 0.497 e. The quantitative estimate of drug-likeness (QED) is 0.208. The number of carbonyl (C=O) groups excluding carboxylic acids is 1. The van der Waals surface area contributed by atoms with Crippen molar-refractivity contribution in [2.45, 2.75) is 27.3 Å². The average Bonchev–Trinajstić information content (AvgIpc) is 3.16. The van der Waals surface area contributed by atoms with E-state index in [1.165, 1.54) is 0 Å². The van der Waals surface area contributed by atoms with E-state index in [9.17, 15) is 9.90 Å². The maximum absolute atomic E-state index is 13.5. The molecule has 2 aromatic heterocycles. The number of halogens is 1. The lowest BCUT2D eigenvalue weighted by Gasteiger charge is -2.09. The van der Waals surface area contributed by atoms with Gasteiger partial charge in [-0.2, -0.15) is 0 Å². The lowest BCUT2D eigenvalue weighted by atomic mass is 10.0. The number of azo groups is 1. The molecular weight excluding hydrogens is 544 g/mol. The third-order valence-corrected chi connectivity index (χ3v) is 6.87. The molecule has 0 aliphatic rings. The van der Waals surface area contributed by atoms with Crippen molar-refractivity contribution in [1.29, 1.82) is 0 Å². The van der Waals surface area contributed by atoms with Gasteiger partial charge in [-0.05, 0) is 61.4 Å². The predicted molar refractivity (Wildman–Crippen MR) is 153 cm³/mol. The number of rotatable bonds is 6. The number of amides is 1. The summed E-state index contributed by atoms with van der Waals surface area (Å²) in [5, 5.41) is 20.8. The number of aromatic hydroxyl groups is 1. The summed E-state index contributed by atoms with van der Waals surface area (Å²) in [5.41, 5.74) is 4.65. The van der Waals surface area contributed by atoms with Crippen molar-refractivity contribution in [3.63, 3.8) is 0 Å². The lowest BCUT2D eigenvalue weighted by molar-refractivity contribution is 0.0996. The maximum atomic E-state index is 13.5. The van der Waals surface area contributed by atoms with E-state index in [4.69, 9.17) is 9.72 Å². The fourth-order valence-corrected chi connectivity index (χ4v) is 4.78. The molecule has 5 aromatic rings. The Morgan fingerprint density at radius 2 is 1.82 bits per heavy atom. The number of methoxy groups -OCH3 is 1. The fourth-order valence-electron chi connectivity index (χ4n) is 4.51. The molecule has 8 heteroatoms. The highest BCUT2D eigenvalue weighted by molar-refractivity contribution is 9.10. The Bertz CT molecular complexity index is 1710. The standard InChI is InChI=1S/C30H27BrN4O3/c1-17(2)16-35-27-12-10-21(38-4)14-24(27)28(30(35)37)33-34-29(36)23-15-26(19-6-8-20(31)9-7-19)32-25-11-5-18(3)13-22(23)25/h5-15,17,37H,16H2,1-4H3. The number of aromatic nitrogens is 2. The minimum Gasteiger partial charge on any atom is -0.497 e. The molecule has 0 radical (unpaired) electrons. The molecule has 192 valence electrons. The van der Waals surface area contributed by atoms with Crippen LogP contribution in [0.4, 0.5) is 5.69 Å². The number of aryl methyl sites for hydroxylation is 1. The molecule has 1 amide bonds. The lowest BCUT2D eigenvalue weighted by Crippen LogP contribution is -2.03. The van der Waals surface area contributed by atoms with Crippen LogP contribution in [0.3, 0.4) is 0 Å². The summed E-state index contributed by atoms with van der Waals surface area (Å²) in [6.45, 7) is 6.69. The highest BCUT2D eigenvalue weighted by atomic mass is 79.9. The number of hydrogen-bond acceptors (Lipinski definition) is 5. The summed E-state index contributed by atoms with van der Waals surface area (Å²) < 4.78 is 8.13. The summed E-state index contributed by atoms with van der Waals surface area (Å²) in [6.07, 6.45) is 0. The molecule has 0 spiro atoms. The van der Waals surface area contributed by atoms with Crippen LogP contribution in [0.15, 0.2) is 81.4 Å². The number of benzene rings is 3. The van der Waals surface area contributed by atoms with Crippen molar-refractivity contribution in [2.24, 2.45) is 16.1 Å². The first kappa shape index (κ1) is 25.6. The minimum absolute atomic E-state index is 0.0375. The third kappa shape index (κ3) is 4.91. The molecule has 0 aliphatic carbocycles. The number of ether oxygens (including phenoxy) is 1. The summed E-state index contributed by atoms with van der Waals surface area (Å²) in [5.74, 6) is 0.350. The van der Waals surface area contributed by atoms with Crippen LogP contribution in [-0.2, 0) is 6.54 Å². The second kappa shape index (κ2) is 10.4. The third-order valence-electron chi connectivity index (χ3n) is 6.34. The SMILES string of the molecule is COc1ccc2c(c1)c(N=NC(=O)c1cc(-c3ccc(Br)cc3)nc3ccc(C)cc13)c(O)n2CC(C)C. The highest BCUT2D eigenvalue weighted by Crippen LogP contribution is 2.41. The molecule has 0 saturated carbocycles. The van der Waals surface area contributed by atoms with Crippen LogP contribution in [0.5, 0.6) is 11.6 Å². The molecule has 38 heavy (non-hydrogen) atoms. The van der Waals surface area contributed by atoms with E-state index in [1.54, 1.807) is 23.8 Å². The van der Waals surface area contributed by atoms with Crippen molar-refractivity contribution >= 4 is 49.3 Å². The topological polar surface area (TPSA) is 89.1 Å². The Labute approximate surface area is 228 Å². The van der Waals surface area contributed by atoms with Crippen LogP contribution in [0, 0.1) is 12.8 Å². The second-order valence-corrected chi connectivity index (χ2v) is 10.6. The van der Waals surface area contributed by atoms with Crippen molar-refractivity contribution in [3.05, 3.63) is 82.3 Å². The molecule has 0 aliphatic heterocycles. The van der Waals surface area contributed by atoms with Gasteiger partial charge in [0, 0.05) is 27.4 Å². The van der Waals surface area contributed by atoms with Gasteiger partial charge in [-0.15, -0.1) is 10.2 Å². The van der Waals surface area contributed by atoms with Crippen LogP contribution in [-0.4, -0.2) is 27.7 Å². The Morgan fingerprint density at radius 1 is 1.05 bits per heavy atom. The molecule has 0 fully saturated rings. The van der Waals surface area contributed by atoms with Crippen molar-refractivity contribution < 1.29 is 14.6 Å². The molecule has 0 saturated heterocycles. The van der Waals surface area contributed by atoms with E-state index < -0.39 is 5.91 Å². The number of hydrogen-bond donors (Lipinski definition) is 1. The van der Waals surface area contributed by atoms with E-state index in [0.717, 1.165) is 21.1 Å². The Balaban J connectivity index is 1.63.